The lowest BCUT2D eigenvalue weighted by molar-refractivity contribution is 0.299. The van der Waals surface area contributed by atoms with Crippen molar-refractivity contribution in [3.8, 4) is 11.5 Å². The summed E-state index contributed by atoms with van der Waals surface area (Å²) >= 11 is 0. The van der Waals surface area contributed by atoms with E-state index in [1.54, 1.807) is 0 Å². The second kappa shape index (κ2) is 17.5. The fourth-order valence-corrected chi connectivity index (χ4v) is 6.08. The second-order valence-corrected chi connectivity index (χ2v) is 12.3. The maximum atomic E-state index is 6.83. The van der Waals surface area contributed by atoms with Gasteiger partial charge >= 0.3 is 13.8 Å². The van der Waals surface area contributed by atoms with E-state index in [0.29, 0.717) is 24.7 Å². The highest BCUT2D eigenvalue weighted by Gasteiger charge is 2.29. The number of nitrogens with two attached hydrogens (primary N) is 2. The molecule has 6 rings (SSSR count). The van der Waals surface area contributed by atoms with Gasteiger partial charge in [0.15, 0.2) is 0 Å². The van der Waals surface area contributed by atoms with Crippen molar-refractivity contribution < 1.29 is 14.0 Å². The summed E-state index contributed by atoms with van der Waals surface area (Å²) in [6, 6.07) is 56.8. The highest BCUT2D eigenvalue weighted by Crippen LogP contribution is 2.20. The second-order valence-electron chi connectivity index (χ2n) is 12.3. The number of benzene rings is 6. The van der Waals surface area contributed by atoms with Crippen LogP contribution in [0.25, 0.3) is 0 Å². The Bertz CT molecular complexity index is 1710. The minimum atomic E-state index is -0.386. The van der Waals surface area contributed by atoms with E-state index in [1.807, 2.05) is 109 Å². The quantitative estimate of drug-likeness (QED) is 0.147. The van der Waals surface area contributed by atoms with Crippen LogP contribution in [0.1, 0.15) is 11.1 Å². The monoisotopic (exact) mass is 644 g/mol. The van der Waals surface area contributed by atoms with Crippen molar-refractivity contribution in [2.75, 3.05) is 13.2 Å². The summed E-state index contributed by atoms with van der Waals surface area (Å²) in [6.45, 7) is -0.00826. The van der Waals surface area contributed by atoms with Crippen LogP contribution in [0.4, 0.5) is 0 Å². The molecule has 0 amide bonds. The lowest BCUT2D eigenvalue weighted by atomic mass is 9.54. The third-order valence-electron chi connectivity index (χ3n) is 8.46. The summed E-state index contributed by atoms with van der Waals surface area (Å²) in [6.07, 6.45) is 1.45. The van der Waals surface area contributed by atoms with Gasteiger partial charge in [0.2, 0.25) is 0 Å². The molecule has 6 aromatic rings. The van der Waals surface area contributed by atoms with E-state index in [0.717, 1.165) is 34.7 Å². The van der Waals surface area contributed by atoms with E-state index >= 15 is 0 Å². The van der Waals surface area contributed by atoms with Crippen LogP contribution in [-0.4, -0.2) is 39.1 Å². The molecule has 0 spiro atoms. The predicted octanol–water partition coefficient (Wildman–Crippen LogP) is 4.86. The van der Waals surface area contributed by atoms with Crippen molar-refractivity contribution in [3.63, 3.8) is 0 Å². The molecule has 0 aromatic heterocycles. The Labute approximate surface area is 291 Å². The van der Waals surface area contributed by atoms with Crippen LogP contribution in [0.5, 0.6) is 11.5 Å². The molecule has 0 aliphatic carbocycles. The Hall–Kier alpha value is -4.91. The van der Waals surface area contributed by atoms with Crippen molar-refractivity contribution in [1.29, 1.82) is 0 Å². The van der Waals surface area contributed by atoms with E-state index in [9.17, 15) is 0 Å². The van der Waals surface area contributed by atoms with Crippen molar-refractivity contribution in [1.82, 2.24) is 0 Å². The smallest absolute Gasteiger partial charge is 0.365 e. The molecule has 0 saturated carbocycles. The van der Waals surface area contributed by atoms with E-state index < -0.39 is 0 Å². The molecule has 0 radical (unpaired) electrons. The summed E-state index contributed by atoms with van der Waals surface area (Å²) < 4.78 is 20.1. The van der Waals surface area contributed by atoms with Gasteiger partial charge in [-0.1, -0.05) is 158 Å². The first-order valence-corrected chi connectivity index (χ1v) is 16.9. The predicted molar refractivity (Wildman–Crippen MR) is 204 cm³/mol. The van der Waals surface area contributed by atoms with Crippen molar-refractivity contribution >= 4 is 35.7 Å². The molecule has 0 aliphatic heterocycles. The number of hydrogen-bond acceptors (Lipinski definition) is 5. The third kappa shape index (κ3) is 9.59. The van der Waals surface area contributed by atoms with Crippen LogP contribution in [0.3, 0.4) is 0 Å². The lowest BCUT2D eigenvalue weighted by Gasteiger charge is -2.23. The van der Waals surface area contributed by atoms with Crippen LogP contribution in [0.2, 0.25) is 0 Å². The summed E-state index contributed by atoms with van der Waals surface area (Å²) in [4.78, 5) is 0. The molecule has 6 aromatic carbocycles. The SMILES string of the molecule is NC(COB(c1ccccc1)c1ccccc1Oc1ccccc1B(OCC(N)Cc1ccccc1)c1ccccc1)Cc1ccccc1. The van der Waals surface area contributed by atoms with Crippen LogP contribution < -0.4 is 38.1 Å². The van der Waals surface area contributed by atoms with Crippen LogP contribution in [-0.2, 0) is 22.2 Å². The first kappa shape index (κ1) is 34.0. The van der Waals surface area contributed by atoms with Crippen LogP contribution in [0, 0.1) is 0 Å². The Morgan fingerprint density at radius 3 is 1.12 bits per heavy atom. The first-order valence-electron chi connectivity index (χ1n) is 16.9. The number of hydrogen-bond donors (Lipinski definition) is 2. The van der Waals surface area contributed by atoms with Gasteiger partial charge in [-0.05, 0) is 58.0 Å². The van der Waals surface area contributed by atoms with Gasteiger partial charge < -0.3 is 25.5 Å². The van der Waals surface area contributed by atoms with Gasteiger partial charge in [0, 0.05) is 25.3 Å². The molecule has 0 bridgehead atoms. The first-order chi connectivity index (χ1) is 24.1. The summed E-state index contributed by atoms with van der Waals surface area (Å²) in [5.41, 5.74) is 19.4. The van der Waals surface area contributed by atoms with Gasteiger partial charge in [-0.15, -0.1) is 0 Å². The molecule has 0 saturated heterocycles. The average molecular weight is 644 g/mol. The molecule has 4 N–H and O–H groups in total. The molecule has 2 unspecified atom stereocenters. The highest BCUT2D eigenvalue weighted by molar-refractivity contribution is 6.81. The number of para-hydroxylation sites is 2. The van der Waals surface area contributed by atoms with Crippen LogP contribution in [0.15, 0.2) is 170 Å². The molecule has 7 heteroatoms. The molecule has 0 fully saturated rings. The fourth-order valence-electron chi connectivity index (χ4n) is 6.08. The van der Waals surface area contributed by atoms with Crippen molar-refractivity contribution in [2.45, 2.75) is 24.9 Å². The average Bonchev–Trinajstić information content (AvgIpc) is 3.15. The van der Waals surface area contributed by atoms with Gasteiger partial charge in [0.25, 0.3) is 0 Å². The Morgan fingerprint density at radius 1 is 0.408 bits per heavy atom. The minimum Gasteiger partial charge on any atom is -0.458 e. The van der Waals surface area contributed by atoms with Gasteiger partial charge in [-0.2, -0.15) is 0 Å². The van der Waals surface area contributed by atoms with Crippen molar-refractivity contribution in [2.24, 2.45) is 11.5 Å². The molecule has 244 valence electrons. The normalized spacial score (nSPS) is 12.2. The largest absolute Gasteiger partial charge is 0.458 e. The third-order valence-corrected chi connectivity index (χ3v) is 8.46. The van der Waals surface area contributed by atoms with Gasteiger partial charge in [-0.25, -0.2) is 0 Å². The summed E-state index contributed by atoms with van der Waals surface area (Å²) in [7, 11) is 0. The maximum absolute atomic E-state index is 6.83. The van der Waals surface area contributed by atoms with Gasteiger partial charge in [0.05, 0.1) is 0 Å². The lowest BCUT2D eigenvalue weighted by Crippen LogP contribution is -2.49. The summed E-state index contributed by atoms with van der Waals surface area (Å²) in [5.74, 6) is 1.40. The Balaban J connectivity index is 1.26. The van der Waals surface area contributed by atoms with Crippen LogP contribution >= 0.6 is 0 Å². The standard InChI is InChI=1S/C42H42B2N2O3/c45-37(29-33-17-5-1-6-18-33)31-47-43(35-21-9-3-10-22-35)39-25-13-15-27-41(39)49-42-28-16-14-26-40(42)44(36-23-11-4-12-24-36)48-32-38(46)30-34-19-7-2-8-20-34/h1-28,37-38H,29-32,45-46H2. The van der Waals surface area contributed by atoms with Gasteiger partial charge in [0.1, 0.15) is 11.5 Å². The molecule has 2 atom stereocenters. The van der Waals surface area contributed by atoms with E-state index in [4.69, 9.17) is 25.5 Å². The molecule has 49 heavy (non-hydrogen) atoms. The molecular weight excluding hydrogens is 602 g/mol. The molecule has 0 heterocycles. The Morgan fingerprint density at radius 2 is 0.735 bits per heavy atom. The zero-order chi connectivity index (χ0) is 33.7. The Kier molecular flexibility index (Phi) is 12.1. The molecule has 5 nitrogen and oxygen atoms in total. The molecule has 0 aliphatic rings. The topological polar surface area (TPSA) is 79.7 Å². The fraction of sp³-hybridized carbons (Fsp3) is 0.143. The zero-order valence-electron chi connectivity index (χ0n) is 27.7. The summed E-state index contributed by atoms with van der Waals surface area (Å²) in [5, 5.41) is 0. The van der Waals surface area contributed by atoms with E-state index in [-0.39, 0.29) is 25.9 Å². The zero-order valence-corrected chi connectivity index (χ0v) is 27.7. The maximum Gasteiger partial charge on any atom is 0.365 e. The van der Waals surface area contributed by atoms with Gasteiger partial charge in [-0.3, -0.25) is 0 Å². The molecular formula is C42H42B2N2O3. The highest BCUT2D eigenvalue weighted by atomic mass is 16.5. The number of rotatable bonds is 16. The number of ether oxygens (including phenoxy) is 1. The van der Waals surface area contributed by atoms with E-state index in [2.05, 4.69) is 60.7 Å². The van der Waals surface area contributed by atoms with E-state index in [1.165, 1.54) is 11.1 Å². The van der Waals surface area contributed by atoms with Crippen molar-refractivity contribution in [3.05, 3.63) is 181 Å². The minimum absolute atomic E-state index is 0.167.